The molecule has 6 rings (SSSR count). The number of ether oxygens (including phenoxy) is 1. The minimum Gasteiger partial charge on any atom is -0.370 e. The molecule has 2 N–H and O–H groups in total. The van der Waals surface area contributed by atoms with Crippen LogP contribution in [0.15, 0.2) is 109 Å². The maximum Gasteiger partial charge on any atom is 0.246 e. The molecule has 0 fully saturated rings. The van der Waals surface area contributed by atoms with E-state index in [0.29, 0.717) is 31.2 Å². The molecule has 11 heteroatoms. The van der Waals surface area contributed by atoms with Gasteiger partial charge in [-0.2, -0.15) is 4.58 Å². The number of amides is 2. The summed E-state index contributed by atoms with van der Waals surface area (Å²) in [6.07, 6.45) is 14.1. The predicted octanol–water partition coefficient (Wildman–Crippen LogP) is 7.05. The average molecular weight is 768 g/mol. The van der Waals surface area contributed by atoms with Gasteiger partial charge in [0.2, 0.25) is 23.3 Å². The Labute approximate surface area is 336 Å². The maximum absolute atomic E-state index is 12.5. The number of aryl methyl sites for hydroxylation is 1. The Hall–Kier alpha value is -5.81. The summed E-state index contributed by atoms with van der Waals surface area (Å²) in [5, 5.41) is 21.7. The number of aromatic nitrogens is 4. The third-order valence-electron chi connectivity index (χ3n) is 10.8. The van der Waals surface area contributed by atoms with E-state index in [2.05, 4.69) is 154 Å². The number of para-hydroxylation sites is 2. The van der Waals surface area contributed by atoms with Crippen LogP contribution in [-0.2, 0) is 31.7 Å². The van der Waals surface area contributed by atoms with E-state index in [1.165, 1.54) is 33.9 Å². The molecule has 0 aliphatic carbocycles. The van der Waals surface area contributed by atoms with Crippen molar-refractivity contribution in [1.29, 1.82) is 0 Å². The van der Waals surface area contributed by atoms with Crippen molar-refractivity contribution in [1.82, 2.24) is 31.0 Å². The number of rotatable bonds is 17. The summed E-state index contributed by atoms with van der Waals surface area (Å²) >= 11 is 0. The van der Waals surface area contributed by atoms with Crippen LogP contribution in [0.3, 0.4) is 0 Å². The van der Waals surface area contributed by atoms with Gasteiger partial charge in [-0.15, -0.1) is 20.4 Å². The van der Waals surface area contributed by atoms with Crippen LogP contribution >= 0.6 is 0 Å². The predicted molar refractivity (Wildman–Crippen MR) is 225 cm³/mol. The third kappa shape index (κ3) is 9.78. The first-order valence-electron chi connectivity index (χ1n) is 19.8. The topological polar surface area (TPSA) is 125 Å². The second kappa shape index (κ2) is 18.4. The van der Waals surface area contributed by atoms with E-state index >= 15 is 0 Å². The summed E-state index contributed by atoms with van der Waals surface area (Å²) < 4.78 is 7.78. The average Bonchev–Trinajstić information content (AvgIpc) is 3.54. The van der Waals surface area contributed by atoms with Crippen LogP contribution < -0.4 is 15.5 Å². The Kier molecular flexibility index (Phi) is 13.2. The van der Waals surface area contributed by atoms with Gasteiger partial charge in [0, 0.05) is 66.1 Å². The highest BCUT2D eigenvalue weighted by Crippen LogP contribution is 2.47. The van der Waals surface area contributed by atoms with Gasteiger partial charge in [-0.3, -0.25) is 9.59 Å². The fourth-order valence-electron chi connectivity index (χ4n) is 7.71. The zero-order valence-electron chi connectivity index (χ0n) is 34.1. The number of carbonyl (C=O) groups excluding carboxylic acids is 2. The molecule has 0 unspecified atom stereocenters. The standard InChI is InChI=1S/C46H54N8O3/c1-33-49-51-44(52-50-33)35-26-24-34(25-27-35)31-48-43(56)32-57-30-28-47-42(55)23-11-8-16-29-54-39-20-15-13-18-37(39)46(4,5)41(54)22-10-7-9-21-40-45(2,3)36-17-12-14-19-38(36)53(40)6/h7,9-10,12-15,17-22,24-27H,8,11,16,23,28-32H2,1-6H3,(H-,47,48,55,56)/p+1. The molecular formula is C46H55N8O3+. The molecule has 0 saturated heterocycles. The van der Waals surface area contributed by atoms with Crippen LogP contribution in [0.25, 0.3) is 11.4 Å². The zero-order valence-corrected chi connectivity index (χ0v) is 34.1. The molecule has 0 atom stereocenters. The molecule has 4 aromatic rings. The number of benzene rings is 3. The Bertz CT molecular complexity index is 2170. The zero-order chi connectivity index (χ0) is 40.4. The lowest BCUT2D eigenvalue weighted by atomic mass is 9.81. The minimum absolute atomic E-state index is 0.00486. The summed E-state index contributed by atoms with van der Waals surface area (Å²) in [6, 6.07) is 24.8. The van der Waals surface area contributed by atoms with Crippen molar-refractivity contribution in [3.63, 3.8) is 0 Å². The Morgan fingerprint density at radius 3 is 2.26 bits per heavy atom. The molecule has 0 radical (unpaired) electrons. The first kappa shape index (κ1) is 40.8. The monoisotopic (exact) mass is 767 g/mol. The van der Waals surface area contributed by atoms with Crippen molar-refractivity contribution in [3.8, 4) is 11.4 Å². The molecule has 0 saturated carbocycles. The fourth-order valence-corrected chi connectivity index (χ4v) is 7.71. The Balaban J connectivity index is 0.893. The highest BCUT2D eigenvalue weighted by molar-refractivity contribution is 6.03. The van der Waals surface area contributed by atoms with Crippen LogP contribution in [0, 0.1) is 6.92 Å². The molecule has 2 aliphatic rings. The lowest BCUT2D eigenvalue weighted by Crippen LogP contribution is -2.30. The molecule has 2 amide bonds. The quantitative estimate of drug-likeness (QED) is 0.0666. The van der Waals surface area contributed by atoms with Crippen molar-refractivity contribution in [3.05, 3.63) is 131 Å². The van der Waals surface area contributed by atoms with Gasteiger partial charge < -0.3 is 20.3 Å². The SMILES string of the molecule is Cc1nnc(-c2ccc(CNC(=O)COCCNC(=O)CCCCCN3/C(=C/C=C/C=C/C4=[N+](C)c5ccccc5C4(C)C)C(C)(C)c4ccccc43)cc2)nn1. The normalized spacial score (nSPS) is 16.1. The van der Waals surface area contributed by atoms with E-state index in [1.54, 1.807) is 6.92 Å². The number of fused-ring (bicyclic) bond motifs is 2. The van der Waals surface area contributed by atoms with E-state index in [1.807, 2.05) is 24.3 Å². The lowest BCUT2D eigenvalue weighted by molar-refractivity contribution is -0.401. The van der Waals surface area contributed by atoms with Gasteiger partial charge in [0.15, 0.2) is 11.5 Å². The second-order valence-electron chi connectivity index (χ2n) is 15.6. The number of anilines is 1. The van der Waals surface area contributed by atoms with Gasteiger partial charge in [0.25, 0.3) is 0 Å². The van der Waals surface area contributed by atoms with Crippen LogP contribution in [0.4, 0.5) is 11.4 Å². The van der Waals surface area contributed by atoms with Crippen molar-refractivity contribution in [2.45, 2.75) is 77.7 Å². The van der Waals surface area contributed by atoms with Crippen molar-refractivity contribution < 1.29 is 18.9 Å². The van der Waals surface area contributed by atoms with Crippen molar-refractivity contribution >= 4 is 28.9 Å². The first-order valence-corrected chi connectivity index (χ1v) is 19.8. The van der Waals surface area contributed by atoms with E-state index in [4.69, 9.17) is 4.74 Å². The highest BCUT2D eigenvalue weighted by atomic mass is 16.5. The summed E-state index contributed by atoms with van der Waals surface area (Å²) in [5.41, 5.74) is 9.30. The molecular weight excluding hydrogens is 713 g/mol. The number of hydrogen-bond acceptors (Lipinski definition) is 8. The van der Waals surface area contributed by atoms with Crippen LogP contribution in [0.5, 0.6) is 0 Å². The Morgan fingerprint density at radius 2 is 1.51 bits per heavy atom. The highest BCUT2D eigenvalue weighted by Gasteiger charge is 2.42. The van der Waals surface area contributed by atoms with Gasteiger partial charge in [0.1, 0.15) is 13.7 Å². The number of nitrogens with zero attached hydrogens (tertiary/aromatic N) is 6. The van der Waals surface area contributed by atoms with Crippen molar-refractivity contribution in [2.24, 2.45) is 0 Å². The summed E-state index contributed by atoms with van der Waals surface area (Å²) in [6.45, 7) is 12.7. The van der Waals surface area contributed by atoms with E-state index < -0.39 is 0 Å². The largest absolute Gasteiger partial charge is 0.370 e. The second-order valence-corrected chi connectivity index (χ2v) is 15.6. The molecule has 3 aromatic carbocycles. The molecule has 296 valence electrons. The van der Waals surface area contributed by atoms with Gasteiger partial charge in [-0.05, 0) is 56.9 Å². The lowest BCUT2D eigenvalue weighted by Gasteiger charge is -2.27. The van der Waals surface area contributed by atoms with Crippen molar-refractivity contribution in [2.75, 3.05) is 38.3 Å². The van der Waals surface area contributed by atoms with E-state index in [0.717, 1.165) is 36.9 Å². The molecule has 57 heavy (non-hydrogen) atoms. The van der Waals surface area contributed by atoms with Gasteiger partial charge in [-0.1, -0.05) is 99.2 Å². The summed E-state index contributed by atoms with van der Waals surface area (Å²) in [7, 11) is 2.15. The number of unbranched alkanes of at least 4 members (excludes halogenated alkanes) is 2. The van der Waals surface area contributed by atoms with Crippen LogP contribution in [0.1, 0.15) is 75.9 Å². The number of nitrogens with one attached hydrogen (secondary N) is 2. The first-order chi connectivity index (χ1) is 27.5. The third-order valence-corrected chi connectivity index (χ3v) is 10.8. The molecule has 0 bridgehead atoms. The number of hydrogen-bond donors (Lipinski definition) is 2. The number of allylic oxidation sites excluding steroid dienone is 6. The van der Waals surface area contributed by atoms with E-state index in [-0.39, 0.29) is 35.9 Å². The summed E-state index contributed by atoms with van der Waals surface area (Å²) in [4.78, 5) is 27.2. The molecule has 0 spiro atoms. The van der Waals surface area contributed by atoms with Gasteiger partial charge >= 0.3 is 0 Å². The van der Waals surface area contributed by atoms with Crippen LogP contribution in [-0.4, -0.2) is 75.8 Å². The smallest absolute Gasteiger partial charge is 0.246 e. The fraction of sp³-hybridized carbons (Fsp3) is 0.370. The minimum atomic E-state index is -0.224. The molecule has 11 nitrogen and oxygen atoms in total. The molecule has 2 aliphatic heterocycles. The maximum atomic E-state index is 12.5. The van der Waals surface area contributed by atoms with Gasteiger partial charge in [-0.25, -0.2) is 0 Å². The van der Waals surface area contributed by atoms with Crippen LogP contribution in [0.2, 0.25) is 0 Å². The Morgan fingerprint density at radius 1 is 0.789 bits per heavy atom. The van der Waals surface area contributed by atoms with Gasteiger partial charge in [0.05, 0.1) is 12.0 Å². The molecule has 3 heterocycles. The molecule has 1 aromatic heterocycles. The number of carbonyl (C=O) groups is 2. The van der Waals surface area contributed by atoms with E-state index in [9.17, 15) is 9.59 Å². The summed E-state index contributed by atoms with van der Waals surface area (Å²) in [5.74, 6) is 0.731.